The Balaban J connectivity index is 0.000000357. The molecule has 0 aliphatic carbocycles. The largest absolute Gasteiger partial charge is 0.480 e. The van der Waals surface area contributed by atoms with Crippen molar-refractivity contribution in [2.45, 2.75) is 6.54 Å². The number of benzene rings is 1. The summed E-state index contributed by atoms with van der Waals surface area (Å²) in [5, 5.41) is 8.71. The predicted octanol–water partition coefficient (Wildman–Crippen LogP) is 1.12. The highest BCUT2D eigenvalue weighted by atomic mass is 32.1. The first-order valence-electron chi connectivity index (χ1n) is 4.80. The standard InChI is InChI=1S/C9H7NO2S2.CH4N2O/c11-8(12)5-10-6-3-1-2-4-7(6)14-9(10)13;2-3-1-4/h1-4H,5H2,(H,11,12);1H,2H2,(H,3,4). The number of para-hydroxylation sites is 1. The molecule has 0 unspecified atom stereocenters. The van der Waals surface area contributed by atoms with Crippen LogP contribution in [0.3, 0.4) is 0 Å². The Kier molecular flexibility index (Phi) is 5.43. The summed E-state index contributed by atoms with van der Waals surface area (Å²) >= 11 is 6.52. The van der Waals surface area contributed by atoms with Crippen molar-refractivity contribution in [3.8, 4) is 0 Å². The van der Waals surface area contributed by atoms with Crippen LogP contribution in [0.1, 0.15) is 0 Å². The molecule has 2 aromatic rings. The first kappa shape index (κ1) is 14.3. The van der Waals surface area contributed by atoms with E-state index in [0.29, 0.717) is 10.4 Å². The molecule has 0 saturated carbocycles. The number of amides is 1. The van der Waals surface area contributed by atoms with Crippen LogP contribution in [-0.2, 0) is 16.1 Å². The molecular weight excluding hydrogens is 274 g/mol. The molecule has 1 aromatic carbocycles. The third kappa shape index (κ3) is 3.62. The molecule has 0 bridgehead atoms. The molecule has 1 heterocycles. The smallest absolute Gasteiger partial charge is 0.323 e. The first-order valence-corrected chi connectivity index (χ1v) is 6.02. The van der Waals surface area contributed by atoms with Gasteiger partial charge in [0.25, 0.3) is 0 Å². The zero-order valence-electron chi connectivity index (χ0n) is 9.20. The minimum atomic E-state index is -0.871. The SMILES string of the molecule is NNC=O.O=C(O)Cn1c(=S)sc2ccccc21. The van der Waals surface area contributed by atoms with E-state index in [1.807, 2.05) is 24.3 Å². The number of carbonyl (C=O) groups is 2. The fourth-order valence-electron chi connectivity index (χ4n) is 1.30. The van der Waals surface area contributed by atoms with E-state index < -0.39 is 5.97 Å². The molecule has 1 amide bonds. The number of nitrogens with zero attached hydrogens (tertiary/aromatic N) is 1. The van der Waals surface area contributed by atoms with Crippen molar-refractivity contribution in [3.63, 3.8) is 0 Å². The molecule has 6 nitrogen and oxygen atoms in total. The number of carboxylic acid groups (broad SMARTS) is 1. The molecular formula is C10H11N3O3S2. The van der Waals surface area contributed by atoms with Gasteiger partial charge in [-0.25, -0.2) is 5.84 Å². The molecule has 0 saturated heterocycles. The van der Waals surface area contributed by atoms with Crippen molar-refractivity contribution in [1.82, 2.24) is 9.99 Å². The first-order chi connectivity index (χ1) is 8.60. The maximum Gasteiger partial charge on any atom is 0.323 e. The van der Waals surface area contributed by atoms with Gasteiger partial charge in [-0.05, 0) is 24.4 Å². The highest BCUT2D eigenvalue weighted by Crippen LogP contribution is 2.22. The quantitative estimate of drug-likeness (QED) is 0.258. The molecule has 0 aliphatic heterocycles. The van der Waals surface area contributed by atoms with Gasteiger partial charge in [0.1, 0.15) is 6.54 Å². The van der Waals surface area contributed by atoms with Crippen LogP contribution in [0.15, 0.2) is 24.3 Å². The van der Waals surface area contributed by atoms with Crippen LogP contribution in [0.4, 0.5) is 0 Å². The molecule has 0 radical (unpaired) electrons. The number of carboxylic acids is 1. The Labute approximate surface area is 112 Å². The number of nitrogens with two attached hydrogens (primary N) is 1. The fraction of sp³-hybridized carbons (Fsp3) is 0.100. The van der Waals surface area contributed by atoms with Crippen molar-refractivity contribution in [1.29, 1.82) is 0 Å². The molecule has 8 heteroatoms. The van der Waals surface area contributed by atoms with Crippen LogP contribution in [0.5, 0.6) is 0 Å². The van der Waals surface area contributed by atoms with E-state index >= 15 is 0 Å². The fourth-order valence-corrected chi connectivity index (χ4v) is 2.62. The lowest BCUT2D eigenvalue weighted by molar-refractivity contribution is -0.137. The Morgan fingerprint density at radius 1 is 1.56 bits per heavy atom. The summed E-state index contributed by atoms with van der Waals surface area (Å²) in [6.07, 6.45) is 0.403. The van der Waals surface area contributed by atoms with Crippen molar-refractivity contribution < 1.29 is 14.7 Å². The maximum atomic E-state index is 10.6. The number of hydrogen-bond acceptors (Lipinski definition) is 5. The predicted molar refractivity (Wildman–Crippen MR) is 71.7 cm³/mol. The van der Waals surface area contributed by atoms with Gasteiger partial charge in [-0.1, -0.05) is 12.1 Å². The van der Waals surface area contributed by atoms with Crippen molar-refractivity contribution >= 4 is 46.2 Å². The van der Waals surface area contributed by atoms with Crippen molar-refractivity contribution in [2.24, 2.45) is 5.84 Å². The van der Waals surface area contributed by atoms with Crippen LogP contribution >= 0.6 is 23.6 Å². The van der Waals surface area contributed by atoms with Gasteiger partial charge in [0.05, 0.1) is 10.2 Å². The second-order valence-corrected chi connectivity index (χ2v) is 4.78. The van der Waals surface area contributed by atoms with E-state index in [1.54, 1.807) is 9.99 Å². The molecule has 18 heavy (non-hydrogen) atoms. The molecule has 0 atom stereocenters. The van der Waals surface area contributed by atoms with E-state index in [9.17, 15) is 4.79 Å². The van der Waals surface area contributed by atoms with Gasteiger partial charge >= 0.3 is 5.97 Å². The molecule has 0 aliphatic rings. The third-order valence-corrected chi connectivity index (χ3v) is 3.37. The average molecular weight is 285 g/mol. The molecule has 4 N–H and O–H groups in total. The van der Waals surface area contributed by atoms with Gasteiger partial charge in [-0.3, -0.25) is 15.0 Å². The van der Waals surface area contributed by atoms with E-state index in [0.717, 1.165) is 10.2 Å². The van der Waals surface area contributed by atoms with E-state index in [-0.39, 0.29) is 6.54 Å². The number of carbonyl (C=O) groups excluding carboxylic acids is 1. The summed E-state index contributed by atoms with van der Waals surface area (Å²) in [5.74, 6) is 3.54. The number of fused-ring (bicyclic) bond motifs is 1. The zero-order valence-corrected chi connectivity index (χ0v) is 10.8. The normalized spacial score (nSPS) is 9.39. The molecule has 96 valence electrons. The van der Waals surface area contributed by atoms with Crippen molar-refractivity contribution in [2.75, 3.05) is 0 Å². The molecule has 0 fully saturated rings. The number of aromatic nitrogens is 1. The summed E-state index contributed by atoms with van der Waals surface area (Å²) in [7, 11) is 0. The summed E-state index contributed by atoms with van der Waals surface area (Å²) in [6.45, 7) is -0.0666. The van der Waals surface area contributed by atoms with Crippen LogP contribution in [-0.4, -0.2) is 22.1 Å². The monoisotopic (exact) mass is 285 g/mol. The summed E-state index contributed by atoms with van der Waals surface area (Å²) in [6, 6.07) is 7.61. The number of hydrazine groups is 1. The van der Waals surface area contributed by atoms with Crippen LogP contribution < -0.4 is 11.3 Å². The van der Waals surface area contributed by atoms with Gasteiger partial charge in [-0.15, -0.1) is 11.3 Å². The minimum absolute atomic E-state index is 0.0666. The van der Waals surface area contributed by atoms with Gasteiger partial charge < -0.3 is 9.67 Å². The van der Waals surface area contributed by atoms with Gasteiger partial charge in [0, 0.05) is 0 Å². The second kappa shape index (κ2) is 6.84. The number of hydrogen-bond donors (Lipinski definition) is 3. The second-order valence-electron chi connectivity index (χ2n) is 3.10. The van der Waals surface area contributed by atoms with Gasteiger partial charge in [0.15, 0.2) is 3.95 Å². The minimum Gasteiger partial charge on any atom is -0.480 e. The maximum absolute atomic E-state index is 10.6. The molecule has 1 aromatic heterocycles. The molecule has 2 rings (SSSR count). The van der Waals surface area contributed by atoms with E-state index in [4.69, 9.17) is 22.1 Å². The Morgan fingerprint density at radius 3 is 2.72 bits per heavy atom. The van der Waals surface area contributed by atoms with Crippen molar-refractivity contribution in [3.05, 3.63) is 28.2 Å². The van der Waals surface area contributed by atoms with Crippen LogP contribution in [0, 0.1) is 3.95 Å². The summed E-state index contributed by atoms with van der Waals surface area (Å²) in [5.41, 5.74) is 2.64. The van der Waals surface area contributed by atoms with Gasteiger partial charge in [0.2, 0.25) is 6.41 Å². The summed E-state index contributed by atoms with van der Waals surface area (Å²) in [4.78, 5) is 19.5. The lowest BCUT2D eigenvalue weighted by atomic mass is 10.3. The summed E-state index contributed by atoms with van der Waals surface area (Å²) < 4.78 is 3.27. The highest BCUT2D eigenvalue weighted by Gasteiger charge is 2.06. The van der Waals surface area contributed by atoms with E-state index in [2.05, 4.69) is 5.84 Å². The van der Waals surface area contributed by atoms with Gasteiger partial charge in [-0.2, -0.15) is 0 Å². The number of rotatable bonds is 3. The number of aliphatic carboxylic acids is 1. The number of thiazole rings is 1. The highest BCUT2D eigenvalue weighted by molar-refractivity contribution is 7.73. The third-order valence-electron chi connectivity index (χ3n) is 1.94. The van der Waals surface area contributed by atoms with Crippen LogP contribution in [0.2, 0.25) is 0 Å². The zero-order chi connectivity index (χ0) is 13.5. The Hall–Kier alpha value is -1.77. The van der Waals surface area contributed by atoms with E-state index in [1.165, 1.54) is 11.3 Å². The average Bonchev–Trinajstić information content (AvgIpc) is 2.66. The van der Waals surface area contributed by atoms with Crippen LogP contribution in [0.25, 0.3) is 10.2 Å². The topological polar surface area (TPSA) is 97.3 Å². The molecule has 0 spiro atoms. The lowest BCUT2D eigenvalue weighted by Gasteiger charge is -1.98. The number of nitrogens with one attached hydrogen (secondary N) is 1. The Bertz CT molecular complexity index is 606. The lowest BCUT2D eigenvalue weighted by Crippen LogP contribution is -2.18. The Morgan fingerprint density at radius 2 is 2.17 bits per heavy atom.